The minimum Gasteiger partial charge on any atom is -0.465 e. The molecule has 2 nitrogen and oxygen atoms in total. The predicted molar refractivity (Wildman–Crippen MR) is 63.9 cm³/mol. The second-order valence-electron chi connectivity index (χ2n) is 3.62. The Labute approximate surface area is 110 Å². The van der Waals surface area contributed by atoms with E-state index in [0.29, 0.717) is 6.61 Å². The van der Waals surface area contributed by atoms with Crippen molar-refractivity contribution in [2.45, 2.75) is 39.5 Å². The van der Waals surface area contributed by atoms with Gasteiger partial charge in [-0.1, -0.05) is 33.1 Å². The van der Waals surface area contributed by atoms with Gasteiger partial charge in [0.25, 0.3) is 0 Å². The number of carbonyl (C=O) groups is 1. The van der Waals surface area contributed by atoms with Crippen molar-refractivity contribution in [1.82, 2.24) is 0 Å². The fourth-order valence-corrected chi connectivity index (χ4v) is 1.15. The molecule has 0 N–H and O–H groups in total. The third-order valence-corrected chi connectivity index (χ3v) is 2.08. The number of carbonyl (C=O) groups excluding carboxylic acids is 1. The minimum atomic E-state index is -0.216. The van der Waals surface area contributed by atoms with E-state index in [9.17, 15) is 4.79 Å². The van der Waals surface area contributed by atoms with E-state index >= 15 is 0 Å². The van der Waals surface area contributed by atoms with E-state index in [1.807, 2.05) is 0 Å². The summed E-state index contributed by atoms with van der Waals surface area (Å²) in [5.41, 5.74) is 0. The quantitative estimate of drug-likeness (QED) is 0.337. The summed E-state index contributed by atoms with van der Waals surface area (Å²) in [6.45, 7) is 5.00. The molecular formula is C10H20O2SSn. The van der Waals surface area contributed by atoms with Gasteiger partial charge in [0, 0.05) is 23.9 Å². The van der Waals surface area contributed by atoms with Gasteiger partial charge in [-0.15, -0.1) is 0 Å². The Bertz CT molecular complexity index is 140. The molecular weight excluding hydrogens is 303 g/mol. The summed E-state index contributed by atoms with van der Waals surface area (Å²) < 4.78 is 4.88. The van der Waals surface area contributed by atoms with Gasteiger partial charge in [-0.25, -0.2) is 0 Å². The first-order chi connectivity index (χ1) is 6.16. The second kappa shape index (κ2) is 11.7. The SMILES string of the molecule is CC(C)CCCCCOC(=O)CS.[Sn]. The molecule has 0 saturated carbocycles. The topological polar surface area (TPSA) is 26.3 Å². The number of rotatable bonds is 7. The predicted octanol–water partition coefficient (Wildman–Crippen LogP) is 2.30. The molecule has 0 aromatic heterocycles. The maximum Gasteiger partial charge on any atom is 0.315 e. The van der Waals surface area contributed by atoms with Crippen LogP contribution in [0.5, 0.6) is 0 Å². The Morgan fingerprint density at radius 3 is 2.43 bits per heavy atom. The normalized spacial score (nSPS) is 9.71. The van der Waals surface area contributed by atoms with E-state index in [1.165, 1.54) is 12.8 Å². The summed E-state index contributed by atoms with van der Waals surface area (Å²) in [7, 11) is 0. The van der Waals surface area contributed by atoms with E-state index in [2.05, 4.69) is 26.5 Å². The number of thiol groups is 1. The second-order valence-corrected chi connectivity index (χ2v) is 3.94. The molecule has 0 aliphatic carbocycles. The van der Waals surface area contributed by atoms with Crippen LogP contribution in [0.25, 0.3) is 0 Å². The summed E-state index contributed by atoms with van der Waals surface area (Å²) >= 11 is 3.81. The molecule has 0 bridgehead atoms. The molecule has 14 heavy (non-hydrogen) atoms. The molecule has 0 rings (SSSR count). The van der Waals surface area contributed by atoms with Crippen LogP contribution in [0.2, 0.25) is 0 Å². The molecule has 0 heterocycles. The summed E-state index contributed by atoms with van der Waals surface area (Å²) in [6.07, 6.45) is 4.63. The maximum atomic E-state index is 10.7. The van der Waals surface area contributed by atoms with Crippen LogP contribution in [0.1, 0.15) is 39.5 Å². The summed E-state index contributed by atoms with van der Waals surface area (Å²) in [4.78, 5) is 10.7. The first-order valence-electron chi connectivity index (χ1n) is 4.93. The van der Waals surface area contributed by atoms with Gasteiger partial charge >= 0.3 is 5.97 Å². The van der Waals surface area contributed by atoms with Crippen LogP contribution in [0, 0.1) is 5.92 Å². The largest absolute Gasteiger partial charge is 0.465 e. The van der Waals surface area contributed by atoms with Crippen molar-refractivity contribution in [2.24, 2.45) is 5.92 Å². The molecule has 0 spiro atoms. The fourth-order valence-electron chi connectivity index (χ4n) is 1.06. The zero-order chi connectivity index (χ0) is 10.1. The zero-order valence-corrected chi connectivity index (χ0v) is 12.8. The van der Waals surface area contributed by atoms with Crippen molar-refractivity contribution in [3.63, 3.8) is 0 Å². The summed E-state index contributed by atoms with van der Waals surface area (Å²) in [5.74, 6) is 0.749. The van der Waals surface area contributed by atoms with Crippen molar-refractivity contribution in [2.75, 3.05) is 12.4 Å². The number of ether oxygens (including phenoxy) is 1. The van der Waals surface area contributed by atoms with Crippen molar-refractivity contribution in [1.29, 1.82) is 0 Å². The number of hydrogen-bond donors (Lipinski definition) is 1. The van der Waals surface area contributed by atoms with Crippen molar-refractivity contribution < 1.29 is 9.53 Å². The van der Waals surface area contributed by atoms with Crippen LogP contribution in [0.3, 0.4) is 0 Å². The van der Waals surface area contributed by atoms with Crippen LogP contribution in [0.4, 0.5) is 0 Å². The molecule has 4 radical (unpaired) electrons. The van der Waals surface area contributed by atoms with E-state index in [-0.39, 0.29) is 35.6 Å². The zero-order valence-electron chi connectivity index (χ0n) is 9.08. The summed E-state index contributed by atoms with van der Waals surface area (Å²) in [5, 5.41) is 0. The van der Waals surface area contributed by atoms with E-state index in [0.717, 1.165) is 18.8 Å². The van der Waals surface area contributed by atoms with Gasteiger partial charge in [-0.05, 0) is 12.3 Å². The number of unbranched alkanes of at least 4 members (excludes halogenated alkanes) is 2. The molecule has 0 atom stereocenters. The average molecular weight is 323 g/mol. The molecule has 0 fully saturated rings. The molecule has 0 aromatic carbocycles. The maximum absolute atomic E-state index is 10.7. The minimum absolute atomic E-state index is 0. The van der Waals surface area contributed by atoms with E-state index < -0.39 is 0 Å². The monoisotopic (exact) mass is 324 g/mol. The Morgan fingerprint density at radius 2 is 1.93 bits per heavy atom. The Kier molecular flexibility index (Phi) is 14.2. The van der Waals surface area contributed by atoms with Crippen molar-refractivity contribution in [3.05, 3.63) is 0 Å². The van der Waals surface area contributed by atoms with Crippen LogP contribution in [0.15, 0.2) is 0 Å². The van der Waals surface area contributed by atoms with Gasteiger partial charge < -0.3 is 4.74 Å². The molecule has 0 unspecified atom stereocenters. The van der Waals surface area contributed by atoms with Gasteiger partial charge in [0.15, 0.2) is 0 Å². The number of hydrogen-bond acceptors (Lipinski definition) is 3. The van der Waals surface area contributed by atoms with Crippen molar-refractivity contribution in [3.8, 4) is 0 Å². The van der Waals surface area contributed by atoms with Crippen LogP contribution >= 0.6 is 12.6 Å². The first kappa shape index (κ1) is 17.0. The first-order valence-corrected chi connectivity index (χ1v) is 5.56. The molecule has 0 amide bonds. The van der Waals surface area contributed by atoms with Crippen LogP contribution < -0.4 is 0 Å². The van der Waals surface area contributed by atoms with Crippen LogP contribution in [-0.2, 0) is 9.53 Å². The number of esters is 1. The van der Waals surface area contributed by atoms with Gasteiger partial charge in [0.05, 0.1) is 12.4 Å². The van der Waals surface area contributed by atoms with Gasteiger partial charge in [-0.2, -0.15) is 12.6 Å². The smallest absolute Gasteiger partial charge is 0.315 e. The Hall–Kier alpha value is 0.619. The molecule has 82 valence electrons. The Morgan fingerprint density at radius 1 is 1.29 bits per heavy atom. The molecule has 0 aromatic rings. The standard InChI is InChI=1S/C10H20O2S.Sn/c1-9(2)6-4-3-5-7-12-10(11)8-13;/h9,13H,3-8H2,1-2H3;. The van der Waals surface area contributed by atoms with Gasteiger partial charge in [0.2, 0.25) is 0 Å². The fraction of sp³-hybridized carbons (Fsp3) is 0.900. The van der Waals surface area contributed by atoms with Crippen molar-refractivity contribution >= 4 is 42.5 Å². The van der Waals surface area contributed by atoms with E-state index in [4.69, 9.17) is 4.74 Å². The average Bonchev–Trinajstić information content (AvgIpc) is 2.10. The van der Waals surface area contributed by atoms with Gasteiger partial charge in [0.1, 0.15) is 0 Å². The molecule has 4 heteroatoms. The Balaban J connectivity index is 0. The summed E-state index contributed by atoms with van der Waals surface area (Å²) in [6, 6.07) is 0. The molecule has 0 saturated heterocycles. The third-order valence-electron chi connectivity index (χ3n) is 1.82. The van der Waals surface area contributed by atoms with Crippen LogP contribution in [-0.4, -0.2) is 42.2 Å². The van der Waals surface area contributed by atoms with Gasteiger partial charge in [-0.3, -0.25) is 4.79 Å². The third kappa shape index (κ3) is 12.6. The molecule has 0 aliphatic rings. The van der Waals surface area contributed by atoms with E-state index in [1.54, 1.807) is 0 Å². The molecule has 0 aliphatic heterocycles.